The molecular weight excluding hydrogens is 308 g/mol. The molecule has 1 aromatic carbocycles. The number of amides is 1. The number of hydrogen-bond acceptors (Lipinski definition) is 2. The Morgan fingerprint density at radius 3 is 2.40 bits per heavy atom. The molecule has 0 unspecified atom stereocenters. The normalized spacial score (nSPS) is 15.8. The van der Waals surface area contributed by atoms with Gasteiger partial charge in [0.25, 0.3) is 0 Å². The molecule has 1 N–H and O–H groups in total. The van der Waals surface area contributed by atoms with Crippen LogP contribution in [0.25, 0.3) is 0 Å². The van der Waals surface area contributed by atoms with Crippen molar-refractivity contribution in [1.29, 1.82) is 0 Å². The molecule has 138 valence electrons. The van der Waals surface area contributed by atoms with Crippen molar-refractivity contribution in [2.45, 2.75) is 65.3 Å². The number of hydrogen-bond donors (Lipinski definition) is 1. The van der Waals surface area contributed by atoms with Crippen LogP contribution in [0.5, 0.6) is 0 Å². The molecule has 0 aromatic heterocycles. The van der Waals surface area contributed by atoms with Crippen LogP contribution < -0.4 is 5.32 Å². The summed E-state index contributed by atoms with van der Waals surface area (Å²) in [7, 11) is 0. The van der Waals surface area contributed by atoms with Gasteiger partial charge in [0.1, 0.15) is 0 Å². The standard InChI is InChI=1S/C22H34N2O/c1-4-5-6-19-7-9-20(10-8-19)17-22(25)23-21-12-15-24(16-13-21)14-11-18(2)3/h7-11,21H,4-6,12-17H2,1-3H3,(H,23,25). The predicted molar refractivity (Wildman–Crippen MR) is 106 cm³/mol. The van der Waals surface area contributed by atoms with E-state index in [1.165, 1.54) is 24.0 Å². The zero-order valence-corrected chi connectivity index (χ0v) is 16.2. The van der Waals surface area contributed by atoms with Gasteiger partial charge in [0, 0.05) is 25.7 Å². The van der Waals surface area contributed by atoms with Gasteiger partial charge in [0.15, 0.2) is 0 Å². The van der Waals surface area contributed by atoms with E-state index in [1.54, 1.807) is 0 Å². The average Bonchev–Trinajstić information content (AvgIpc) is 2.60. The molecule has 0 saturated carbocycles. The Morgan fingerprint density at radius 1 is 1.16 bits per heavy atom. The molecule has 0 bridgehead atoms. The highest BCUT2D eigenvalue weighted by atomic mass is 16.1. The van der Waals surface area contributed by atoms with Crippen LogP contribution in [0.2, 0.25) is 0 Å². The van der Waals surface area contributed by atoms with E-state index in [0.29, 0.717) is 12.5 Å². The Balaban J connectivity index is 1.71. The molecular formula is C22H34N2O. The second-order valence-electron chi connectivity index (χ2n) is 7.52. The highest BCUT2D eigenvalue weighted by Crippen LogP contribution is 2.12. The summed E-state index contributed by atoms with van der Waals surface area (Å²) in [6.45, 7) is 9.67. The number of carbonyl (C=O) groups excluding carboxylic acids is 1. The molecule has 1 amide bonds. The zero-order chi connectivity index (χ0) is 18.1. The maximum absolute atomic E-state index is 12.3. The van der Waals surface area contributed by atoms with Gasteiger partial charge in [-0.2, -0.15) is 0 Å². The van der Waals surface area contributed by atoms with Gasteiger partial charge in [-0.15, -0.1) is 0 Å². The summed E-state index contributed by atoms with van der Waals surface area (Å²) in [5.41, 5.74) is 3.85. The number of rotatable bonds is 8. The molecule has 3 heteroatoms. The fraction of sp³-hybridized carbons (Fsp3) is 0.591. The number of allylic oxidation sites excluding steroid dienone is 1. The summed E-state index contributed by atoms with van der Waals surface area (Å²) in [5.74, 6) is 0.157. The van der Waals surface area contributed by atoms with Crippen molar-refractivity contribution in [1.82, 2.24) is 10.2 Å². The number of carbonyl (C=O) groups is 1. The quantitative estimate of drug-likeness (QED) is 0.721. The molecule has 0 spiro atoms. The van der Waals surface area contributed by atoms with Crippen LogP contribution in [0.4, 0.5) is 0 Å². The Kier molecular flexibility index (Phi) is 8.20. The molecule has 0 atom stereocenters. The molecule has 1 aliphatic rings. The van der Waals surface area contributed by atoms with E-state index >= 15 is 0 Å². The fourth-order valence-corrected chi connectivity index (χ4v) is 3.24. The highest BCUT2D eigenvalue weighted by molar-refractivity contribution is 5.78. The van der Waals surface area contributed by atoms with Crippen LogP contribution in [-0.4, -0.2) is 36.5 Å². The summed E-state index contributed by atoms with van der Waals surface area (Å²) in [6.07, 6.45) is 8.46. The lowest BCUT2D eigenvalue weighted by atomic mass is 10.0. The molecule has 1 heterocycles. The molecule has 25 heavy (non-hydrogen) atoms. The van der Waals surface area contributed by atoms with Crippen molar-refractivity contribution in [2.75, 3.05) is 19.6 Å². The Labute approximate surface area is 153 Å². The molecule has 1 saturated heterocycles. The highest BCUT2D eigenvalue weighted by Gasteiger charge is 2.19. The molecule has 1 fully saturated rings. The molecule has 1 aliphatic heterocycles. The predicted octanol–water partition coefficient (Wildman–Crippen LogP) is 4.12. The molecule has 1 aromatic rings. The number of nitrogens with zero attached hydrogens (tertiary/aromatic N) is 1. The van der Waals surface area contributed by atoms with Crippen molar-refractivity contribution in [3.63, 3.8) is 0 Å². The minimum atomic E-state index is 0.157. The van der Waals surface area contributed by atoms with Crippen LogP contribution in [0, 0.1) is 0 Å². The van der Waals surface area contributed by atoms with Gasteiger partial charge in [-0.05, 0) is 50.7 Å². The van der Waals surface area contributed by atoms with Gasteiger partial charge in [-0.3, -0.25) is 9.69 Å². The lowest BCUT2D eigenvalue weighted by Crippen LogP contribution is -2.45. The van der Waals surface area contributed by atoms with Crippen LogP contribution in [0.3, 0.4) is 0 Å². The first-order valence-electron chi connectivity index (χ1n) is 9.79. The summed E-state index contributed by atoms with van der Waals surface area (Å²) < 4.78 is 0. The van der Waals surface area contributed by atoms with E-state index in [1.807, 2.05) is 0 Å². The second kappa shape index (κ2) is 10.4. The Morgan fingerprint density at radius 2 is 1.80 bits per heavy atom. The van der Waals surface area contributed by atoms with Crippen molar-refractivity contribution in [3.8, 4) is 0 Å². The zero-order valence-electron chi connectivity index (χ0n) is 16.2. The Bertz CT molecular complexity index is 550. The van der Waals surface area contributed by atoms with Gasteiger partial charge in [0.2, 0.25) is 5.91 Å². The first-order valence-corrected chi connectivity index (χ1v) is 9.79. The monoisotopic (exact) mass is 342 g/mol. The third kappa shape index (κ3) is 7.43. The van der Waals surface area contributed by atoms with E-state index in [2.05, 4.69) is 61.3 Å². The van der Waals surface area contributed by atoms with Crippen LogP contribution >= 0.6 is 0 Å². The maximum Gasteiger partial charge on any atom is 0.224 e. The third-order valence-electron chi connectivity index (χ3n) is 4.92. The van der Waals surface area contributed by atoms with Crippen LogP contribution in [0.15, 0.2) is 35.9 Å². The summed E-state index contributed by atoms with van der Waals surface area (Å²) in [6, 6.07) is 8.87. The summed E-state index contributed by atoms with van der Waals surface area (Å²) in [4.78, 5) is 14.8. The lowest BCUT2D eigenvalue weighted by Gasteiger charge is -2.31. The van der Waals surface area contributed by atoms with Crippen molar-refractivity contribution < 1.29 is 4.79 Å². The summed E-state index contributed by atoms with van der Waals surface area (Å²) >= 11 is 0. The lowest BCUT2D eigenvalue weighted by molar-refractivity contribution is -0.121. The second-order valence-corrected chi connectivity index (χ2v) is 7.52. The molecule has 0 radical (unpaired) electrons. The fourth-order valence-electron chi connectivity index (χ4n) is 3.24. The van der Waals surface area contributed by atoms with E-state index in [4.69, 9.17) is 0 Å². The van der Waals surface area contributed by atoms with Crippen LogP contribution in [-0.2, 0) is 17.6 Å². The molecule has 2 rings (SSSR count). The van der Waals surface area contributed by atoms with Gasteiger partial charge >= 0.3 is 0 Å². The minimum absolute atomic E-state index is 0.157. The Hall–Kier alpha value is -1.61. The SMILES string of the molecule is CCCCc1ccc(CC(=O)NC2CCN(CC=C(C)C)CC2)cc1. The largest absolute Gasteiger partial charge is 0.353 e. The first-order chi connectivity index (χ1) is 12.1. The summed E-state index contributed by atoms with van der Waals surface area (Å²) in [5, 5.41) is 3.22. The van der Waals surface area contributed by atoms with E-state index in [-0.39, 0.29) is 5.91 Å². The maximum atomic E-state index is 12.3. The van der Waals surface area contributed by atoms with Crippen molar-refractivity contribution in [2.24, 2.45) is 0 Å². The molecule has 0 aliphatic carbocycles. The van der Waals surface area contributed by atoms with Crippen molar-refractivity contribution >= 4 is 5.91 Å². The topological polar surface area (TPSA) is 32.3 Å². The van der Waals surface area contributed by atoms with E-state index < -0.39 is 0 Å². The number of benzene rings is 1. The number of nitrogens with one attached hydrogen (secondary N) is 1. The number of piperidine rings is 1. The number of likely N-dealkylation sites (tertiary alicyclic amines) is 1. The smallest absolute Gasteiger partial charge is 0.224 e. The van der Waals surface area contributed by atoms with Gasteiger partial charge in [0.05, 0.1) is 6.42 Å². The van der Waals surface area contributed by atoms with E-state index in [0.717, 1.165) is 44.5 Å². The van der Waals surface area contributed by atoms with Gasteiger partial charge < -0.3 is 5.32 Å². The first kappa shape index (κ1) is 19.7. The van der Waals surface area contributed by atoms with E-state index in [9.17, 15) is 4.79 Å². The van der Waals surface area contributed by atoms with Crippen LogP contribution in [0.1, 0.15) is 57.6 Å². The number of aryl methyl sites for hydroxylation is 1. The van der Waals surface area contributed by atoms with Crippen molar-refractivity contribution in [3.05, 3.63) is 47.0 Å². The van der Waals surface area contributed by atoms with Gasteiger partial charge in [-0.25, -0.2) is 0 Å². The third-order valence-corrected chi connectivity index (χ3v) is 4.92. The molecule has 3 nitrogen and oxygen atoms in total. The minimum Gasteiger partial charge on any atom is -0.353 e. The number of unbranched alkanes of at least 4 members (excludes halogenated alkanes) is 1. The average molecular weight is 343 g/mol. The van der Waals surface area contributed by atoms with Gasteiger partial charge in [-0.1, -0.05) is 49.3 Å².